The third kappa shape index (κ3) is 2.53. The van der Waals surface area contributed by atoms with Gasteiger partial charge in [-0.15, -0.1) is 11.3 Å². The number of thiazole rings is 1. The van der Waals surface area contributed by atoms with Crippen molar-refractivity contribution in [2.75, 3.05) is 6.54 Å². The fraction of sp³-hybridized carbons (Fsp3) is 0.625. The van der Waals surface area contributed by atoms with E-state index >= 15 is 0 Å². The summed E-state index contributed by atoms with van der Waals surface area (Å²) in [6, 6.07) is 2.43. The Hall–Kier alpha value is -1.20. The summed E-state index contributed by atoms with van der Waals surface area (Å²) >= 11 is 1.53. The zero-order valence-corrected chi connectivity index (χ0v) is 13.0. The largest absolute Gasteiger partial charge is 0.294 e. The zero-order valence-electron chi connectivity index (χ0n) is 12.2. The number of rotatable bonds is 2. The second-order valence-electron chi connectivity index (χ2n) is 6.37. The molecular weight excluding hydrogens is 282 g/mol. The van der Waals surface area contributed by atoms with E-state index in [1.807, 2.05) is 5.38 Å². The Balaban J connectivity index is 1.59. The number of likely N-dealkylation sites (tertiary alicyclic amines) is 1. The number of fused-ring (bicyclic) bond motifs is 2. The lowest BCUT2D eigenvalue weighted by Gasteiger charge is -2.44. The van der Waals surface area contributed by atoms with Crippen LogP contribution in [0.4, 0.5) is 0 Å². The van der Waals surface area contributed by atoms with Gasteiger partial charge in [0.2, 0.25) is 0 Å². The lowest BCUT2D eigenvalue weighted by molar-refractivity contribution is 0.0537. The number of aromatic nitrogens is 2. The van der Waals surface area contributed by atoms with Gasteiger partial charge < -0.3 is 0 Å². The van der Waals surface area contributed by atoms with Crippen LogP contribution in [0, 0.1) is 5.92 Å². The van der Waals surface area contributed by atoms with E-state index in [-0.39, 0.29) is 5.56 Å². The molecule has 2 aliphatic rings. The molecule has 0 amide bonds. The van der Waals surface area contributed by atoms with Crippen molar-refractivity contribution in [1.82, 2.24) is 14.3 Å². The average Bonchev–Trinajstić information content (AvgIpc) is 2.97. The van der Waals surface area contributed by atoms with Crippen molar-refractivity contribution in [2.45, 2.75) is 51.1 Å². The summed E-state index contributed by atoms with van der Waals surface area (Å²) in [6.07, 6.45) is 9.96. The first kappa shape index (κ1) is 13.5. The predicted molar refractivity (Wildman–Crippen MR) is 84.7 cm³/mol. The van der Waals surface area contributed by atoms with E-state index in [1.165, 1.54) is 49.9 Å². The van der Waals surface area contributed by atoms with Gasteiger partial charge in [0.25, 0.3) is 5.56 Å². The molecule has 0 unspecified atom stereocenters. The lowest BCUT2D eigenvalue weighted by atomic mass is 9.78. The molecule has 0 N–H and O–H groups in total. The predicted octanol–water partition coefficient (Wildman–Crippen LogP) is 2.91. The topological polar surface area (TPSA) is 37.6 Å². The molecule has 0 aromatic carbocycles. The Kier molecular flexibility index (Phi) is 3.55. The molecule has 3 heterocycles. The number of nitrogens with zero attached hydrogens (tertiary/aromatic N) is 3. The Morgan fingerprint density at radius 2 is 2.10 bits per heavy atom. The lowest BCUT2D eigenvalue weighted by Crippen LogP contribution is -2.46. The molecule has 0 spiro atoms. The highest BCUT2D eigenvalue weighted by molar-refractivity contribution is 7.15. The summed E-state index contributed by atoms with van der Waals surface area (Å²) in [7, 11) is 0. The summed E-state index contributed by atoms with van der Waals surface area (Å²) in [4.78, 5) is 20.2. The van der Waals surface area contributed by atoms with E-state index in [0.717, 1.165) is 35.7 Å². The highest BCUT2D eigenvalue weighted by Crippen LogP contribution is 2.35. The maximum Gasteiger partial charge on any atom is 0.258 e. The van der Waals surface area contributed by atoms with E-state index in [0.29, 0.717) is 0 Å². The molecule has 4 rings (SSSR count). The molecule has 0 bridgehead atoms. The first-order valence-corrected chi connectivity index (χ1v) is 8.89. The van der Waals surface area contributed by atoms with Crippen molar-refractivity contribution in [1.29, 1.82) is 0 Å². The summed E-state index contributed by atoms with van der Waals surface area (Å²) in [5.74, 6) is 0.874. The second kappa shape index (κ2) is 5.54. The number of hydrogen-bond acceptors (Lipinski definition) is 4. The van der Waals surface area contributed by atoms with Gasteiger partial charge in [-0.05, 0) is 38.1 Å². The maximum absolute atomic E-state index is 12.1. The van der Waals surface area contributed by atoms with Gasteiger partial charge in [0.15, 0.2) is 4.96 Å². The minimum Gasteiger partial charge on any atom is -0.294 e. The van der Waals surface area contributed by atoms with Crippen LogP contribution in [0.25, 0.3) is 4.96 Å². The standard InChI is InChI=1S/C16H21N3OS/c20-15-10-13(17-16-19(15)8-9-21-16)11-18-7-3-5-12-4-1-2-6-14(12)18/h8-10,12,14H,1-7,11H2/t12-,14+/m1/s1. The molecule has 1 saturated carbocycles. The molecular formula is C16H21N3OS. The maximum atomic E-state index is 12.1. The van der Waals surface area contributed by atoms with Crippen LogP contribution < -0.4 is 5.56 Å². The van der Waals surface area contributed by atoms with Gasteiger partial charge in [-0.1, -0.05) is 12.8 Å². The van der Waals surface area contributed by atoms with Gasteiger partial charge in [-0.3, -0.25) is 14.1 Å². The van der Waals surface area contributed by atoms with Crippen molar-refractivity contribution in [3.8, 4) is 0 Å². The van der Waals surface area contributed by atoms with Crippen LogP contribution in [-0.4, -0.2) is 26.9 Å². The van der Waals surface area contributed by atoms with Crippen LogP contribution in [0.5, 0.6) is 0 Å². The Bertz CT molecular complexity index is 690. The second-order valence-corrected chi connectivity index (χ2v) is 7.24. The van der Waals surface area contributed by atoms with E-state index < -0.39 is 0 Å². The summed E-state index contributed by atoms with van der Waals surface area (Å²) in [6.45, 7) is 2.00. The molecule has 4 nitrogen and oxygen atoms in total. The van der Waals surface area contributed by atoms with Crippen LogP contribution in [0.3, 0.4) is 0 Å². The number of hydrogen-bond donors (Lipinski definition) is 0. The van der Waals surface area contributed by atoms with Crippen LogP contribution in [-0.2, 0) is 6.54 Å². The molecule has 21 heavy (non-hydrogen) atoms. The number of piperidine rings is 1. The Morgan fingerprint density at radius 1 is 1.24 bits per heavy atom. The quantitative estimate of drug-likeness (QED) is 0.856. The molecule has 0 radical (unpaired) electrons. The minimum atomic E-state index is 0.0495. The molecule has 2 fully saturated rings. The molecule has 2 aromatic heterocycles. The summed E-state index contributed by atoms with van der Waals surface area (Å²) in [5.41, 5.74) is 0.988. The SMILES string of the molecule is O=c1cc(CN2CCC[C@H]3CCCC[C@@H]32)nc2sccn12. The average molecular weight is 303 g/mol. The molecule has 2 atom stereocenters. The highest BCUT2D eigenvalue weighted by Gasteiger charge is 2.33. The van der Waals surface area contributed by atoms with Gasteiger partial charge >= 0.3 is 0 Å². The van der Waals surface area contributed by atoms with Crippen molar-refractivity contribution < 1.29 is 0 Å². The molecule has 1 saturated heterocycles. The molecule has 1 aliphatic carbocycles. The fourth-order valence-corrected chi connectivity index (χ4v) is 4.84. The molecule has 2 aromatic rings. The third-order valence-electron chi connectivity index (χ3n) is 5.08. The van der Waals surface area contributed by atoms with Gasteiger partial charge in [0.1, 0.15) is 0 Å². The smallest absolute Gasteiger partial charge is 0.258 e. The summed E-state index contributed by atoms with van der Waals surface area (Å²) in [5, 5.41) is 1.92. The van der Waals surface area contributed by atoms with Crippen molar-refractivity contribution in [3.05, 3.63) is 33.7 Å². The zero-order chi connectivity index (χ0) is 14.2. The van der Waals surface area contributed by atoms with Crippen LogP contribution in [0.1, 0.15) is 44.2 Å². The minimum absolute atomic E-state index is 0.0495. The van der Waals surface area contributed by atoms with Crippen molar-refractivity contribution in [2.24, 2.45) is 5.92 Å². The van der Waals surface area contributed by atoms with Crippen LogP contribution in [0.2, 0.25) is 0 Å². The fourth-order valence-electron chi connectivity index (χ4n) is 4.10. The van der Waals surface area contributed by atoms with E-state index in [4.69, 9.17) is 0 Å². The highest BCUT2D eigenvalue weighted by atomic mass is 32.1. The normalized spacial score (nSPS) is 26.9. The van der Waals surface area contributed by atoms with E-state index in [2.05, 4.69) is 9.88 Å². The van der Waals surface area contributed by atoms with Crippen molar-refractivity contribution in [3.63, 3.8) is 0 Å². The van der Waals surface area contributed by atoms with Crippen LogP contribution in [0.15, 0.2) is 22.4 Å². The molecule has 112 valence electrons. The van der Waals surface area contributed by atoms with Crippen molar-refractivity contribution >= 4 is 16.3 Å². The summed E-state index contributed by atoms with van der Waals surface area (Å²) < 4.78 is 1.63. The van der Waals surface area contributed by atoms with E-state index in [9.17, 15) is 4.79 Å². The monoisotopic (exact) mass is 303 g/mol. The van der Waals surface area contributed by atoms with Gasteiger partial charge in [-0.2, -0.15) is 0 Å². The Labute approximate surface area is 128 Å². The molecule has 5 heteroatoms. The third-order valence-corrected chi connectivity index (χ3v) is 5.84. The molecule has 1 aliphatic heterocycles. The first-order valence-electron chi connectivity index (χ1n) is 8.01. The van der Waals surface area contributed by atoms with E-state index in [1.54, 1.807) is 16.7 Å². The Morgan fingerprint density at radius 3 is 3.05 bits per heavy atom. The van der Waals surface area contributed by atoms with Crippen LogP contribution >= 0.6 is 11.3 Å². The first-order chi connectivity index (χ1) is 10.3. The van der Waals surface area contributed by atoms with Gasteiger partial charge in [0, 0.05) is 30.2 Å². The van der Waals surface area contributed by atoms with Gasteiger partial charge in [0.05, 0.1) is 5.69 Å². The van der Waals surface area contributed by atoms with Gasteiger partial charge in [-0.25, -0.2) is 4.98 Å².